The van der Waals surface area contributed by atoms with Crippen LogP contribution in [0.25, 0.3) is 5.32 Å². The van der Waals surface area contributed by atoms with Crippen LogP contribution in [0, 0.1) is 5.92 Å². The van der Waals surface area contributed by atoms with Gasteiger partial charge in [0.25, 0.3) is 0 Å². The Kier molecular flexibility index (Phi) is 4.12. The summed E-state index contributed by atoms with van der Waals surface area (Å²) in [6.45, 7) is 1.81. The molecule has 1 aromatic rings. The highest BCUT2D eigenvalue weighted by Gasteiger charge is 2.35. The predicted molar refractivity (Wildman–Crippen MR) is 78.0 cm³/mol. The van der Waals surface area contributed by atoms with E-state index in [1.165, 1.54) is 5.56 Å². The molecule has 0 bridgehead atoms. The first-order valence-corrected chi connectivity index (χ1v) is 7.34. The maximum Gasteiger partial charge on any atom is 0.305 e. The van der Waals surface area contributed by atoms with Crippen molar-refractivity contribution in [2.24, 2.45) is 5.92 Å². The lowest BCUT2D eigenvalue weighted by Crippen LogP contribution is -2.28. The van der Waals surface area contributed by atoms with E-state index in [1.807, 2.05) is 12.1 Å². The smallest absolute Gasteiger partial charge is 0.305 e. The van der Waals surface area contributed by atoms with Crippen LogP contribution in [-0.4, -0.2) is 44.0 Å². The Morgan fingerprint density at radius 2 is 2.38 bits per heavy atom. The van der Waals surface area contributed by atoms with E-state index in [0.29, 0.717) is 26.2 Å². The Bertz CT molecular complexity index is 531. The Labute approximate surface area is 124 Å². The van der Waals surface area contributed by atoms with Crippen molar-refractivity contribution >= 4 is 5.97 Å². The van der Waals surface area contributed by atoms with Crippen LogP contribution in [0.5, 0.6) is 5.75 Å². The van der Waals surface area contributed by atoms with Crippen LogP contribution in [0.15, 0.2) is 18.2 Å². The second-order valence-corrected chi connectivity index (χ2v) is 5.65. The summed E-state index contributed by atoms with van der Waals surface area (Å²) < 4.78 is 10.6. The average molecular weight is 290 g/mol. The number of carboxylic acids is 1. The maximum atomic E-state index is 11.7. The minimum absolute atomic E-state index is 0.0705. The fourth-order valence-electron chi connectivity index (χ4n) is 3.32. The van der Waals surface area contributed by atoms with Gasteiger partial charge in [-0.15, -0.1) is 12.6 Å². The Morgan fingerprint density at radius 1 is 1.52 bits per heavy atom. The molecule has 3 rings (SSSR count). The number of carboxylic acid groups (broad SMARTS) is 1. The van der Waals surface area contributed by atoms with Gasteiger partial charge in [0.05, 0.1) is 6.61 Å². The van der Waals surface area contributed by atoms with Crippen LogP contribution in [0.2, 0.25) is 0 Å². The second kappa shape index (κ2) is 6.03. The molecule has 1 fully saturated rings. The molecule has 2 aliphatic rings. The van der Waals surface area contributed by atoms with Crippen molar-refractivity contribution in [3.05, 3.63) is 34.6 Å². The molecule has 0 amide bonds. The largest absolute Gasteiger partial charge is 0.658 e. The predicted octanol–water partition coefficient (Wildman–Crippen LogP) is 2.20. The minimum Gasteiger partial charge on any atom is -0.658 e. The Hall–Kier alpha value is -1.59. The molecule has 0 spiro atoms. The molecule has 1 aromatic carbocycles. The summed E-state index contributed by atoms with van der Waals surface area (Å²) in [7, 11) is 1.63. The number of rotatable bonds is 5. The topological polar surface area (TPSA) is 69.9 Å². The molecular formula is C16H20NO4-. The number of benzene rings is 1. The zero-order valence-corrected chi connectivity index (χ0v) is 12.1. The van der Waals surface area contributed by atoms with Crippen LogP contribution < -0.4 is 4.74 Å². The zero-order valence-electron chi connectivity index (χ0n) is 12.1. The summed E-state index contributed by atoms with van der Waals surface area (Å²) >= 11 is 0. The minimum atomic E-state index is -0.774. The van der Waals surface area contributed by atoms with Crippen molar-refractivity contribution in [1.29, 1.82) is 0 Å². The van der Waals surface area contributed by atoms with Crippen LogP contribution in [0.4, 0.5) is 0 Å². The molecule has 2 heterocycles. The highest BCUT2D eigenvalue weighted by molar-refractivity contribution is 5.74. The third-order valence-electron chi connectivity index (χ3n) is 4.44. The summed E-state index contributed by atoms with van der Waals surface area (Å²) in [5.41, 5.74) is 2.23. The second-order valence-electron chi connectivity index (χ2n) is 5.65. The molecule has 0 saturated carbocycles. The van der Waals surface area contributed by atoms with Crippen LogP contribution in [-0.2, 0) is 16.0 Å². The molecule has 1 N–H and O–H groups in total. The standard InChI is InChI=1S/C16H20NO4/c1-20-6-5-13-15(16(18)19)12(9-17-13)11-3-2-10-4-7-21-14(10)8-11/h2-3,8,12-13,15H,4-7,9H2,1H3,(H,18,19)/q-1/t12?,13?,15-/m1/s1. The molecule has 3 atom stereocenters. The van der Waals surface area contributed by atoms with Crippen molar-refractivity contribution in [1.82, 2.24) is 0 Å². The summed E-state index contributed by atoms with van der Waals surface area (Å²) in [6.07, 6.45) is 1.59. The molecule has 0 aliphatic carbocycles. The monoisotopic (exact) mass is 290 g/mol. The number of hydrogen-bond donors (Lipinski definition) is 1. The molecule has 2 unspecified atom stereocenters. The van der Waals surface area contributed by atoms with Crippen molar-refractivity contribution in [3.8, 4) is 5.75 Å². The van der Waals surface area contributed by atoms with Crippen LogP contribution in [0.3, 0.4) is 0 Å². The van der Waals surface area contributed by atoms with Crippen LogP contribution in [0.1, 0.15) is 23.5 Å². The van der Waals surface area contributed by atoms with Crippen molar-refractivity contribution in [2.75, 3.05) is 26.9 Å². The molecule has 21 heavy (non-hydrogen) atoms. The third kappa shape index (κ3) is 2.76. The number of carbonyl (C=O) groups is 1. The Balaban J connectivity index is 1.82. The first-order chi connectivity index (χ1) is 10.2. The van der Waals surface area contributed by atoms with Gasteiger partial charge in [0.1, 0.15) is 5.75 Å². The van der Waals surface area contributed by atoms with Gasteiger partial charge in [0.15, 0.2) is 0 Å². The fourth-order valence-corrected chi connectivity index (χ4v) is 3.32. The van der Waals surface area contributed by atoms with E-state index in [1.54, 1.807) is 7.11 Å². The van der Waals surface area contributed by atoms with E-state index < -0.39 is 11.9 Å². The fraction of sp³-hybridized carbons (Fsp3) is 0.562. The van der Waals surface area contributed by atoms with E-state index >= 15 is 0 Å². The van der Waals surface area contributed by atoms with Gasteiger partial charge < -0.3 is 19.9 Å². The summed E-state index contributed by atoms with van der Waals surface area (Å²) in [4.78, 5) is 11.7. The number of nitrogens with zero attached hydrogens (tertiary/aromatic N) is 1. The number of aliphatic carboxylic acids is 1. The third-order valence-corrected chi connectivity index (χ3v) is 4.44. The van der Waals surface area contributed by atoms with Crippen molar-refractivity contribution in [3.63, 3.8) is 0 Å². The summed E-state index contributed by atoms with van der Waals surface area (Å²) in [5.74, 6) is -0.417. The Morgan fingerprint density at radius 3 is 3.14 bits per heavy atom. The van der Waals surface area contributed by atoms with Gasteiger partial charge in [-0.1, -0.05) is 12.1 Å². The molecular weight excluding hydrogens is 270 g/mol. The van der Waals surface area contributed by atoms with E-state index in [-0.39, 0.29) is 12.0 Å². The van der Waals surface area contributed by atoms with Gasteiger partial charge in [0.2, 0.25) is 0 Å². The normalized spacial score (nSPS) is 27.4. The first-order valence-electron chi connectivity index (χ1n) is 7.34. The van der Waals surface area contributed by atoms with Gasteiger partial charge in [-0.2, -0.15) is 0 Å². The molecule has 0 radical (unpaired) electrons. The zero-order chi connectivity index (χ0) is 14.8. The van der Waals surface area contributed by atoms with E-state index in [4.69, 9.17) is 9.47 Å². The number of methoxy groups -OCH3 is 1. The summed E-state index contributed by atoms with van der Waals surface area (Å²) in [5, 5.41) is 14.1. The van der Waals surface area contributed by atoms with Gasteiger partial charge in [-0.25, -0.2) is 0 Å². The first kappa shape index (κ1) is 14.4. The number of hydrogen-bond acceptors (Lipinski definition) is 3. The molecule has 1 saturated heterocycles. The van der Waals surface area contributed by atoms with Gasteiger partial charge in [-0.05, 0) is 29.5 Å². The lowest BCUT2D eigenvalue weighted by atomic mass is 9.84. The van der Waals surface area contributed by atoms with E-state index in [0.717, 1.165) is 17.7 Å². The lowest BCUT2D eigenvalue weighted by molar-refractivity contribution is -0.142. The average Bonchev–Trinajstić information content (AvgIpc) is 3.10. The van der Waals surface area contributed by atoms with Gasteiger partial charge in [-0.3, -0.25) is 4.79 Å². The van der Waals surface area contributed by atoms with Crippen molar-refractivity contribution in [2.45, 2.75) is 24.8 Å². The molecule has 5 nitrogen and oxygen atoms in total. The lowest BCUT2D eigenvalue weighted by Gasteiger charge is -2.27. The van der Waals surface area contributed by atoms with Crippen LogP contribution >= 0.6 is 0 Å². The summed E-state index contributed by atoms with van der Waals surface area (Å²) in [6, 6.07) is 5.92. The highest BCUT2D eigenvalue weighted by atomic mass is 16.5. The highest BCUT2D eigenvalue weighted by Crippen LogP contribution is 2.42. The maximum absolute atomic E-state index is 11.7. The molecule has 5 heteroatoms. The quantitative estimate of drug-likeness (QED) is 0.902. The van der Waals surface area contributed by atoms with Crippen molar-refractivity contribution < 1.29 is 19.4 Å². The molecule has 0 aromatic heterocycles. The molecule has 114 valence electrons. The van der Waals surface area contributed by atoms with E-state index in [2.05, 4.69) is 11.4 Å². The SMILES string of the molecule is COCCC1[N-]CC(c2ccc3c(c2)OCC3)[C@H]1C(=O)O. The number of ether oxygens (including phenoxy) is 2. The van der Waals surface area contributed by atoms with Gasteiger partial charge in [0, 0.05) is 26.1 Å². The van der Waals surface area contributed by atoms with Gasteiger partial charge >= 0.3 is 5.97 Å². The molecule has 2 aliphatic heterocycles. The number of fused-ring (bicyclic) bond motifs is 1. The van der Waals surface area contributed by atoms with E-state index in [9.17, 15) is 9.90 Å².